The van der Waals surface area contributed by atoms with Crippen molar-refractivity contribution in [3.8, 4) is 0 Å². The molecule has 4 rings (SSSR count). The maximum atomic E-state index is 15.0. The smallest absolute Gasteiger partial charge is 0.322 e. The number of amides is 15. The Morgan fingerprint density at radius 2 is 1.27 bits per heavy atom. The number of carbonyl (C=O) groups is 16. The predicted molar refractivity (Wildman–Crippen MR) is 381 cm³/mol. The number of carboxylic acids is 1. The van der Waals surface area contributed by atoms with E-state index >= 15 is 0 Å². The number of imide groups is 1. The van der Waals surface area contributed by atoms with Gasteiger partial charge in [0.05, 0.1) is 31.7 Å². The quantitative estimate of drug-likeness (QED) is 0.0105. The van der Waals surface area contributed by atoms with Gasteiger partial charge in [-0.1, -0.05) is 96.2 Å². The number of fused-ring (bicyclic) bond motifs is 1. The summed E-state index contributed by atoms with van der Waals surface area (Å²) in [6, 6.07) is -19.4. The molecule has 0 bridgehead atoms. The Bertz CT molecular complexity index is 3050. The summed E-state index contributed by atoms with van der Waals surface area (Å²) in [5.74, 6) is -16.5. The second-order valence-corrected chi connectivity index (χ2v) is 29.5. The summed E-state index contributed by atoms with van der Waals surface area (Å²) in [5.41, 5.74) is 11.1. The van der Waals surface area contributed by atoms with Gasteiger partial charge in [-0.05, 0) is 88.0 Å². The standard InChI is InChI=1S/C65H108N18O19S2/c1-9-34(6)49(79-53(91)38-17-12-21-68-38)60(98)77-45-32-104-103-31-44(57(95)75-42(29-85)55(93)71-39(18-13-22-70-64(66)67)54(92)74-43(30-86)56(94)73-41(26-33(4)5)62(100)82-24-14-16-37(82)28-84)76-61(99)50(35(7)10-2)81-65(102)78-47(87)20-23-69-52(90)40(27-48(88)89)72-59(97)46-19-15-25-83(46)63(101)51(36(8)11-3)80-58(45)96/h28,33-46,49-51,68,85-86H,9-27,29-32H2,1-8H3,(H,69,90)(H,71,93)(H,72,97)(H,73,94)(H,74,92)(H,75,95)(H,76,99)(H,77,98)(H,79,91)(H,80,96)(H,88,89)(H4,66,67,70)(H2,78,81,87,102)/t34-,35-,36-,37-,38-,39-,40+,41-,42-,43-,44-,45-,46-,49-,50-,51-/m0/s1. The Labute approximate surface area is 612 Å². The van der Waals surface area contributed by atoms with E-state index in [4.69, 9.17) is 11.5 Å². The van der Waals surface area contributed by atoms with Gasteiger partial charge >= 0.3 is 12.0 Å². The number of urea groups is 1. The van der Waals surface area contributed by atoms with Crippen LogP contribution in [0.2, 0.25) is 0 Å². The SMILES string of the molecule is CC[C@H](C)[C@@H]1NC(=O)NC(=O)CCNC(=O)[C@@H](CC(=O)O)NC(=O)[C@@H]2CCCN2C(=O)[C@H]([C@@H](C)CC)NC(=O)[C@@H](NC(=O)[C@@H](NC(=O)[C@@H]2CCCN2)[C@@H](C)CC)CSSC[C@@H](C(=O)N[C@@H](CO)C(=O)N[C@@H](CCCN=C(N)N)C(=O)N[C@@H](CO)C(=O)N[C@@H](CC(C)C)C(=O)N2CCC[C@H]2C=O)NC1=O. The molecule has 4 aliphatic rings. The lowest BCUT2D eigenvalue weighted by molar-refractivity contribution is -0.144. The van der Waals surface area contributed by atoms with Crippen molar-refractivity contribution in [2.45, 2.75) is 224 Å². The average molecular weight is 1510 g/mol. The number of carboxylic acid groups (broad SMARTS) is 1. The topological polar surface area (TPSA) is 561 Å². The van der Waals surface area contributed by atoms with Crippen molar-refractivity contribution in [1.29, 1.82) is 0 Å². The molecule has 0 saturated carbocycles. The van der Waals surface area contributed by atoms with E-state index in [-0.39, 0.29) is 82.2 Å². The van der Waals surface area contributed by atoms with E-state index in [9.17, 15) is 92.0 Å². The van der Waals surface area contributed by atoms with Gasteiger partial charge in [0.25, 0.3) is 0 Å². The molecule has 0 aromatic rings. The number of aliphatic imine (C=N–C) groups is 1. The Hall–Kier alpha value is -8.43. The fourth-order valence-corrected chi connectivity index (χ4v) is 14.2. The first-order valence-electron chi connectivity index (χ1n) is 35.5. The number of aliphatic hydroxyl groups excluding tert-OH is 2. The molecule has 0 spiro atoms. The van der Waals surface area contributed by atoms with Crippen molar-refractivity contribution >= 4 is 123 Å². The fraction of sp³-hybridized carbons (Fsp3) is 0.738. The predicted octanol–water partition coefficient (Wildman–Crippen LogP) is -4.92. The third-order valence-electron chi connectivity index (χ3n) is 18.6. The van der Waals surface area contributed by atoms with Gasteiger partial charge in [-0.15, -0.1) is 0 Å². The summed E-state index contributed by atoms with van der Waals surface area (Å²) in [5, 5.41) is 64.0. The van der Waals surface area contributed by atoms with E-state index < -0.39 is 223 Å². The number of guanidine groups is 1. The van der Waals surface area contributed by atoms with Crippen molar-refractivity contribution < 1.29 is 92.0 Å². The van der Waals surface area contributed by atoms with Crippen molar-refractivity contribution in [3.63, 3.8) is 0 Å². The summed E-state index contributed by atoms with van der Waals surface area (Å²) in [6.45, 7) is 11.8. The van der Waals surface area contributed by atoms with Gasteiger partial charge in [-0.3, -0.25) is 77.4 Å². The molecule has 0 unspecified atom stereocenters. The monoisotopic (exact) mass is 1510 g/mol. The van der Waals surface area contributed by atoms with Gasteiger partial charge < -0.3 is 105 Å². The zero-order valence-electron chi connectivity index (χ0n) is 60.3. The summed E-state index contributed by atoms with van der Waals surface area (Å²) in [4.78, 5) is 228. The van der Waals surface area contributed by atoms with Crippen molar-refractivity contribution in [2.75, 3.05) is 57.4 Å². The van der Waals surface area contributed by atoms with Crippen LogP contribution in [0.25, 0.3) is 0 Å². The first kappa shape index (κ1) is 88.0. The molecule has 0 aromatic heterocycles. The minimum Gasteiger partial charge on any atom is -0.481 e. The van der Waals surface area contributed by atoms with Crippen LogP contribution in [0.3, 0.4) is 0 Å². The lowest BCUT2D eigenvalue weighted by Crippen LogP contribution is -2.62. The second-order valence-electron chi connectivity index (χ2n) is 26.9. The minimum absolute atomic E-state index is 0.00635. The normalized spacial score (nSPS) is 24.4. The van der Waals surface area contributed by atoms with Gasteiger partial charge in [0, 0.05) is 44.1 Å². The molecule has 4 saturated heterocycles. The van der Waals surface area contributed by atoms with Crippen LogP contribution in [0.15, 0.2) is 4.99 Å². The van der Waals surface area contributed by atoms with Gasteiger partial charge in [-0.2, -0.15) is 0 Å². The second kappa shape index (κ2) is 44.4. The zero-order valence-corrected chi connectivity index (χ0v) is 62.0. The van der Waals surface area contributed by atoms with E-state index in [1.807, 2.05) is 5.32 Å². The Balaban J connectivity index is 1.77. The van der Waals surface area contributed by atoms with Crippen LogP contribution in [0.4, 0.5) is 4.79 Å². The lowest BCUT2D eigenvalue weighted by atomic mass is 9.96. The maximum Gasteiger partial charge on any atom is 0.322 e. The van der Waals surface area contributed by atoms with Gasteiger partial charge in [0.2, 0.25) is 76.8 Å². The zero-order chi connectivity index (χ0) is 77.5. The number of aliphatic carboxylic acids is 1. The molecular formula is C65H108N18O19S2. The molecule has 0 radical (unpaired) electrons. The van der Waals surface area contributed by atoms with Gasteiger partial charge in [0.15, 0.2) is 5.96 Å². The summed E-state index contributed by atoms with van der Waals surface area (Å²) in [7, 11) is 1.72. The van der Waals surface area contributed by atoms with Crippen LogP contribution in [-0.2, 0) is 71.9 Å². The van der Waals surface area contributed by atoms with Crippen LogP contribution in [0.1, 0.15) is 145 Å². The molecule has 39 heteroatoms. The van der Waals surface area contributed by atoms with E-state index in [1.54, 1.807) is 55.4 Å². The van der Waals surface area contributed by atoms with Crippen molar-refractivity contribution in [2.24, 2.45) is 40.1 Å². The highest BCUT2D eigenvalue weighted by Crippen LogP contribution is 2.27. The number of hydrogen-bond acceptors (Lipinski definition) is 22. The Kier molecular flexibility index (Phi) is 37.6. The molecule has 20 N–H and O–H groups in total. The highest BCUT2D eigenvalue weighted by molar-refractivity contribution is 8.76. The van der Waals surface area contributed by atoms with Crippen LogP contribution in [-0.4, -0.2) is 262 Å². The Morgan fingerprint density at radius 1 is 0.654 bits per heavy atom. The molecule has 4 aliphatic heterocycles. The van der Waals surface area contributed by atoms with Crippen LogP contribution < -0.4 is 80.6 Å². The molecule has 104 heavy (non-hydrogen) atoms. The molecule has 16 atom stereocenters. The first-order chi connectivity index (χ1) is 49.3. The molecule has 37 nitrogen and oxygen atoms in total. The van der Waals surface area contributed by atoms with E-state index in [0.29, 0.717) is 44.9 Å². The number of hydrogen-bond donors (Lipinski definition) is 18. The number of aliphatic hydroxyl groups is 2. The van der Waals surface area contributed by atoms with Crippen molar-refractivity contribution in [1.82, 2.24) is 78.9 Å². The maximum absolute atomic E-state index is 15.0. The van der Waals surface area contributed by atoms with E-state index in [0.717, 1.165) is 21.6 Å². The largest absolute Gasteiger partial charge is 0.481 e. The molecular weight excluding hydrogens is 1400 g/mol. The molecule has 4 heterocycles. The summed E-state index contributed by atoms with van der Waals surface area (Å²) < 4.78 is 0. The van der Waals surface area contributed by atoms with E-state index in [2.05, 4.69) is 68.8 Å². The average Bonchev–Trinajstić information content (AvgIpc) is 1.58. The highest BCUT2D eigenvalue weighted by Gasteiger charge is 2.43. The number of nitrogens with two attached hydrogens (primary N) is 2. The number of aldehydes is 1. The fourth-order valence-electron chi connectivity index (χ4n) is 11.9. The molecule has 0 aromatic carbocycles. The number of nitrogens with zero attached hydrogens (tertiary/aromatic N) is 3. The summed E-state index contributed by atoms with van der Waals surface area (Å²) in [6.07, 6.45) is 2.33. The molecule has 4 fully saturated rings. The highest BCUT2D eigenvalue weighted by atomic mass is 33.1. The third-order valence-corrected chi connectivity index (χ3v) is 21.0. The van der Waals surface area contributed by atoms with Crippen LogP contribution >= 0.6 is 21.6 Å². The minimum atomic E-state index is -1.94. The number of nitrogens with one attached hydrogen (secondary N) is 13. The molecule has 584 valence electrons. The first-order valence-corrected chi connectivity index (χ1v) is 38.0. The van der Waals surface area contributed by atoms with Crippen LogP contribution in [0, 0.1) is 23.7 Å². The molecule has 0 aliphatic carbocycles. The van der Waals surface area contributed by atoms with Gasteiger partial charge in [-0.25, -0.2) is 4.79 Å². The Morgan fingerprint density at radius 3 is 1.88 bits per heavy atom. The third kappa shape index (κ3) is 27.6. The number of carbonyl (C=O) groups excluding carboxylic acids is 15. The summed E-state index contributed by atoms with van der Waals surface area (Å²) >= 11 is 0. The van der Waals surface area contributed by atoms with E-state index in [1.165, 1.54) is 9.80 Å². The van der Waals surface area contributed by atoms with Crippen molar-refractivity contribution in [3.05, 3.63) is 0 Å². The molecule has 15 amide bonds. The lowest BCUT2D eigenvalue weighted by Gasteiger charge is -2.33. The number of likely N-dealkylation sites (tertiary alicyclic amines) is 1. The van der Waals surface area contributed by atoms with Gasteiger partial charge in [0.1, 0.15) is 72.7 Å². The van der Waals surface area contributed by atoms with Crippen LogP contribution in [0.5, 0.6) is 0 Å². The number of rotatable bonds is 30.